The van der Waals surface area contributed by atoms with E-state index >= 15 is 0 Å². The molecule has 0 aliphatic rings. The van der Waals surface area contributed by atoms with Gasteiger partial charge < -0.3 is 9.47 Å². The van der Waals surface area contributed by atoms with Gasteiger partial charge in [0.1, 0.15) is 0 Å². The molecule has 1 unspecified atom stereocenters. The average molecular weight is 337 g/mol. The predicted octanol–water partition coefficient (Wildman–Crippen LogP) is -0.331. The fourth-order valence-corrected chi connectivity index (χ4v) is 2.04. The van der Waals surface area contributed by atoms with Crippen molar-refractivity contribution in [2.45, 2.75) is 19.2 Å². The molecule has 1 atom stereocenters. The second-order valence-corrected chi connectivity index (χ2v) is 4.99. The van der Waals surface area contributed by atoms with E-state index in [9.17, 15) is 14.4 Å². The second-order valence-electron chi connectivity index (χ2n) is 4.99. The van der Waals surface area contributed by atoms with Gasteiger partial charge in [-0.2, -0.15) is 0 Å². The van der Waals surface area contributed by atoms with Gasteiger partial charge in [-0.1, -0.05) is 18.2 Å². The maximum atomic E-state index is 12.4. The highest BCUT2D eigenvalue weighted by atomic mass is 16.5. The van der Waals surface area contributed by atoms with Gasteiger partial charge in [0, 0.05) is 7.05 Å². The molecular formula is C16H23N3O5. The summed E-state index contributed by atoms with van der Waals surface area (Å²) in [6, 6.07) is 0. The Hall–Kier alpha value is -2.45. The Morgan fingerprint density at radius 1 is 0.958 bits per heavy atom. The van der Waals surface area contributed by atoms with E-state index in [1.165, 1.54) is 13.1 Å². The smallest absolute Gasteiger partial charge is 0.336 e. The molecule has 24 heavy (non-hydrogen) atoms. The summed E-state index contributed by atoms with van der Waals surface area (Å²) < 4.78 is 13.6. The van der Waals surface area contributed by atoms with Gasteiger partial charge in [-0.25, -0.2) is 28.1 Å². The van der Waals surface area contributed by atoms with E-state index < -0.39 is 23.2 Å². The fourth-order valence-electron chi connectivity index (χ4n) is 2.04. The van der Waals surface area contributed by atoms with Crippen molar-refractivity contribution in [2.24, 2.45) is 7.05 Å². The molecule has 1 aromatic rings. The van der Waals surface area contributed by atoms with Gasteiger partial charge in [0.15, 0.2) is 0 Å². The standard InChI is InChI=1S/C16H23N3O5/c1-5-8-18-14(20)17(4)15(21)19(16(18)22)11-13(24-10-7-3)12-23-9-6-2/h5-7,13H,1-3,8-12H2,4H3. The Bertz CT molecular complexity index is 756. The monoisotopic (exact) mass is 337 g/mol. The van der Waals surface area contributed by atoms with Crippen LogP contribution in [0.2, 0.25) is 0 Å². The molecule has 0 bridgehead atoms. The third kappa shape index (κ3) is 4.77. The first-order chi connectivity index (χ1) is 11.5. The predicted molar refractivity (Wildman–Crippen MR) is 91.4 cm³/mol. The normalized spacial score (nSPS) is 11.9. The molecule has 132 valence electrons. The molecule has 0 radical (unpaired) electrons. The molecule has 1 aromatic heterocycles. The molecule has 0 amide bonds. The summed E-state index contributed by atoms with van der Waals surface area (Å²) in [6.45, 7) is 11.3. The lowest BCUT2D eigenvalue weighted by Crippen LogP contribution is -2.54. The van der Waals surface area contributed by atoms with Crippen LogP contribution in [0.1, 0.15) is 0 Å². The first-order valence-electron chi connectivity index (χ1n) is 7.40. The van der Waals surface area contributed by atoms with E-state index in [2.05, 4.69) is 19.7 Å². The minimum atomic E-state index is -0.709. The van der Waals surface area contributed by atoms with E-state index in [-0.39, 0.29) is 26.3 Å². The second kappa shape index (κ2) is 9.64. The largest absolute Gasteiger partial charge is 0.375 e. The molecular weight excluding hydrogens is 314 g/mol. The number of rotatable bonds is 11. The van der Waals surface area contributed by atoms with Crippen LogP contribution in [0.4, 0.5) is 0 Å². The summed E-state index contributed by atoms with van der Waals surface area (Å²) in [7, 11) is 1.31. The number of hydrogen-bond donors (Lipinski definition) is 0. The van der Waals surface area contributed by atoms with E-state index in [4.69, 9.17) is 9.47 Å². The molecule has 0 aliphatic heterocycles. The average Bonchev–Trinajstić information content (AvgIpc) is 2.58. The molecule has 0 aromatic carbocycles. The Balaban J connectivity index is 3.21. The zero-order valence-corrected chi connectivity index (χ0v) is 13.8. The van der Waals surface area contributed by atoms with Gasteiger partial charge in [0.2, 0.25) is 0 Å². The maximum Gasteiger partial charge on any atom is 0.336 e. The van der Waals surface area contributed by atoms with Crippen molar-refractivity contribution in [1.82, 2.24) is 13.7 Å². The van der Waals surface area contributed by atoms with Gasteiger partial charge in [-0.15, -0.1) is 19.7 Å². The summed E-state index contributed by atoms with van der Waals surface area (Å²) >= 11 is 0. The van der Waals surface area contributed by atoms with Gasteiger partial charge >= 0.3 is 17.1 Å². The lowest BCUT2D eigenvalue weighted by Gasteiger charge is -2.18. The molecule has 0 N–H and O–H groups in total. The van der Waals surface area contributed by atoms with Crippen molar-refractivity contribution >= 4 is 0 Å². The zero-order chi connectivity index (χ0) is 18.1. The highest BCUT2D eigenvalue weighted by Crippen LogP contribution is 1.97. The lowest BCUT2D eigenvalue weighted by molar-refractivity contribution is -0.00858. The van der Waals surface area contributed by atoms with Gasteiger partial charge in [-0.3, -0.25) is 0 Å². The summed E-state index contributed by atoms with van der Waals surface area (Å²) in [6.07, 6.45) is 4.00. The lowest BCUT2D eigenvalue weighted by atomic mass is 10.3. The number of hydrogen-bond acceptors (Lipinski definition) is 5. The molecule has 0 saturated heterocycles. The molecule has 0 spiro atoms. The Labute approximate surface area is 139 Å². The van der Waals surface area contributed by atoms with Crippen LogP contribution >= 0.6 is 0 Å². The van der Waals surface area contributed by atoms with Crippen molar-refractivity contribution in [3.63, 3.8) is 0 Å². The van der Waals surface area contributed by atoms with Crippen molar-refractivity contribution in [1.29, 1.82) is 0 Å². The summed E-state index contributed by atoms with van der Waals surface area (Å²) in [5.41, 5.74) is -2.10. The topological polar surface area (TPSA) is 84.5 Å². The first kappa shape index (κ1) is 19.6. The summed E-state index contributed by atoms with van der Waals surface area (Å²) in [4.78, 5) is 36.7. The highest BCUT2D eigenvalue weighted by Gasteiger charge is 2.17. The summed E-state index contributed by atoms with van der Waals surface area (Å²) in [5, 5.41) is 0. The van der Waals surface area contributed by atoms with Crippen LogP contribution < -0.4 is 17.1 Å². The minimum Gasteiger partial charge on any atom is -0.375 e. The zero-order valence-electron chi connectivity index (χ0n) is 13.8. The van der Waals surface area contributed by atoms with Crippen molar-refractivity contribution in [2.75, 3.05) is 19.8 Å². The maximum absolute atomic E-state index is 12.4. The Morgan fingerprint density at radius 2 is 1.58 bits per heavy atom. The summed E-state index contributed by atoms with van der Waals surface area (Å²) in [5.74, 6) is 0. The van der Waals surface area contributed by atoms with Crippen LogP contribution in [-0.4, -0.2) is 39.6 Å². The molecule has 1 rings (SSSR count). The van der Waals surface area contributed by atoms with Crippen molar-refractivity contribution < 1.29 is 9.47 Å². The number of allylic oxidation sites excluding steroid dienone is 1. The van der Waals surface area contributed by atoms with Crippen molar-refractivity contribution in [3.05, 3.63) is 69.4 Å². The van der Waals surface area contributed by atoms with E-state index in [1.807, 2.05) is 0 Å². The molecule has 8 heteroatoms. The van der Waals surface area contributed by atoms with Crippen LogP contribution in [0.5, 0.6) is 0 Å². The van der Waals surface area contributed by atoms with Crippen LogP contribution in [0.15, 0.2) is 52.3 Å². The quantitative estimate of drug-likeness (QED) is 0.408. The molecule has 0 fully saturated rings. The van der Waals surface area contributed by atoms with E-state index in [0.29, 0.717) is 6.61 Å². The fraction of sp³-hybridized carbons (Fsp3) is 0.438. The van der Waals surface area contributed by atoms with Gasteiger partial charge in [0.25, 0.3) is 0 Å². The van der Waals surface area contributed by atoms with Crippen molar-refractivity contribution in [3.8, 4) is 0 Å². The third-order valence-corrected chi connectivity index (χ3v) is 3.18. The number of ether oxygens (including phenoxy) is 2. The van der Waals surface area contributed by atoms with Crippen LogP contribution in [0.25, 0.3) is 0 Å². The molecule has 1 heterocycles. The van der Waals surface area contributed by atoms with Crippen LogP contribution in [-0.2, 0) is 29.6 Å². The van der Waals surface area contributed by atoms with Crippen LogP contribution in [0.3, 0.4) is 0 Å². The third-order valence-electron chi connectivity index (χ3n) is 3.18. The van der Waals surface area contributed by atoms with E-state index in [1.54, 1.807) is 12.2 Å². The van der Waals surface area contributed by atoms with Gasteiger partial charge in [-0.05, 0) is 0 Å². The molecule has 0 saturated carbocycles. The Morgan fingerprint density at radius 3 is 2.17 bits per heavy atom. The first-order valence-corrected chi connectivity index (χ1v) is 7.40. The molecule has 0 aliphatic carbocycles. The molecule has 8 nitrogen and oxygen atoms in total. The number of nitrogens with zero attached hydrogens (tertiary/aromatic N) is 3. The van der Waals surface area contributed by atoms with E-state index in [0.717, 1.165) is 13.7 Å². The minimum absolute atomic E-state index is 0.0108. The van der Waals surface area contributed by atoms with Crippen LogP contribution in [0, 0.1) is 0 Å². The van der Waals surface area contributed by atoms with Gasteiger partial charge in [0.05, 0.1) is 39.0 Å². The number of aromatic nitrogens is 3. The SMILES string of the molecule is C=CCOCC(Cn1c(=O)n(C)c(=O)n(CC=C)c1=O)OCC=C. The highest BCUT2D eigenvalue weighted by molar-refractivity contribution is 4.82. The Kier molecular flexibility index (Phi) is 7.87.